The largest absolute Gasteiger partial charge is 0.493 e. The van der Waals surface area contributed by atoms with E-state index in [1.54, 1.807) is 7.11 Å². The first-order chi connectivity index (χ1) is 12.7. The van der Waals surface area contributed by atoms with Gasteiger partial charge in [0.05, 0.1) is 18.8 Å². The Bertz CT molecular complexity index is 1020. The Hall–Kier alpha value is -2.87. The summed E-state index contributed by atoms with van der Waals surface area (Å²) in [5, 5.41) is 2.94. The highest BCUT2D eigenvalue weighted by molar-refractivity contribution is 7.00. The lowest BCUT2D eigenvalue weighted by atomic mass is 9.83. The molecule has 1 amide bonds. The van der Waals surface area contributed by atoms with E-state index in [2.05, 4.69) is 14.1 Å². The van der Waals surface area contributed by atoms with Crippen LogP contribution in [0.15, 0.2) is 24.3 Å². The summed E-state index contributed by atoms with van der Waals surface area (Å²) in [6.45, 7) is 0.976. The van der Waals surface area contributed by atoms with Gasteiger partial charge < -0.3 is 19.5 Å². The van der Waals surface area contributed by atoms with Gasteiger partial charge in [-0.25, -0.2) is 0 Å². The van der Waals surface area contributed by atoms with Crippen molar-refractivity contribution in [2.75, 3.05) is 25.6 Å². The van der Waals surface area contributed by atoms with Gasteiger partial charge in [-0.05, 0) is 29.8 Å². The fourth-order valence-corrected chi connectivity index (χ4v) is 4.15. The second-order valence-corrected chi connectivity index (χ2v) is 6.74. The summed E-state index contributed by atoms with van der Waals surface area (Å²) in [4.78, 5) is 12.3. The van der Waals surface area contributed by atoms with Crippen LogP contribution in [0.1, 0.15) is 23.5 Å². The summed E-state index contributed by atoms with van der Waals surface area (Å²) in [5.41, 5.74) is 4.35. The molecule has 3 aromatic rings. The van der Waals surface area contributed by atoms with Gasteiger partial charge in [0.1, 0.15) is 24.2 Å². The lowest BCUT2D eigenvalue weighted by Crippen LogP contribution is -2.24. The second kappa shape index (κ2) is 5.84. The maximum absolute atomic E-state index is 12.3. The van der Waals surface area contributed by atoms with Crippen molar-refractivity contribution in [1.29, 1.82) is 0 Å². The van der Waals surface area contributed by atoms with Crippen LogP contribution in [-0.4, -0.2) is 35.0 Å². The molecule has 2 aromatic carbocycles. The minimum Gasteiger partial charge on any atom is -0.493 e. The molecule has 0 spiro atoms. The second-order valence-electron chi connectivity index (χ2n) is 6.21. The van der Waals surface area contributed by atoms with Crippen LogP contribution in [0, 0.1) is 0 Å². The Kier molecular flexibility index (Phi) is 3.46. The van der Waals surface area contributed by atoms with Crippen molar-refractivity contribution in [3.05, 3.63) is 35.4 Å². The van der Waals surface area contributed by atoms with Crippen LogP contribution >= 0.6 is 11.7 Å². The van der Waals surface area contributed by atoms with Crippen LogP contribution in [0.25, 0.3) is 11.0 Å². The van der Waals surface area contributed by atoms with E-state index in [0.29, 0.717) is 36.9 Å². The molecule has 7 nitrogen and oxygen atoms in total. The number of amides is 1. The first-order valence-corrected chi connectivity index (χ1v) is 9.00. The average Bonchev–Trinajstić information content (AvgIpc) is 3.15. The quantitative estimate of drug-likeness (QED) is 0.748. The van der Waals surface area contributed by atoms with Crippen LogP contribution in [0.3, 0.4) is 0 Å². The predicted octanol–water partition coefficient (Wildman–Crippen LogP) is 2.95. The Morgan fingerprint density at radius 3 is 3.00 bits per heavy atom. The van der Waals surface area contributed by atoms with E-state index in [4.69, 9.17) is 14.2 Å². The Labute approximate surface area is 153 Å². The summed E-state index contributed by atoms with van der Waals surface area (Å²) in [5.74, 6) is 1.67. The highest BCUT2D eigenvalue weighted by Gasteiger charge is 2.31. The van der Waals surface area contributed by atoms with Gasteiger partial charge in [-0.3, -0.25) is 4.79 Å². The molecule has 0 bridgehead atoms. The molecule has 0 aliphatic carbocycles. The van der Waals surface area contributed by atoms with Crippen LogP contribution in [0.5, 0.6) is 17.2 Å². The summed E-state index contributed by atoms with van der Waals surface area (Å²) < 4.78 is 25.7. The van der Waals surface area contributed by atoms with Gasteiger partial charge in [-0.2, -0.15) is 8.75 Å². The zero-order valence-corrected chi connectivity index (χ0v) is 14.8. The molecule has 1 aromatic heterocycles. The zero-order chi connectivity index (χ0) is 17.7. The molecule has 132 valence electrons. The normalized spacial score (nSPS) is 18.3. The van der Waals surface area contributed by atoms with Crippen molar-refractivity contribution in [2.24, 2.45) is 0 Å². The van der Waals surface area contributed by atoms with Crippen molar-refractivity contribution in [2.45, 2.75) is 12.3 Å². The van der Waals surface area contributed by atoms with Gasteiger partial charge in [0.25, 0.3) is 0 Å². The monoisotopic (exact) mass is 369 g/mol. The number of nitrogens with zero attached hydrogens (tertiary/aromatic N) is 2. The first-order valence-electron chi connectivity index (χ1n) is 8.27. The minimum atomic E-state index is -0.156. The fraction of sp³-hybridized carbons (Fsp3) is 0.278. The third-order valence-corrected chi connectivity index (χ3v) is 5.27. The molecule has 26 heavy (non-hydrogen) atoms. The molecule has 2 aliphatic rings. The molecule has 0 fully saturated rings. The van der Waals surface area contributed by atoms with Gasteiger partial charge in [0, 0.05) is 23.6 Å². The molecule has 0 radical (unpaired) electrons. The van der Waals surface area contributed by atoms with Gasteiger partial charge in [-0.15, -0.1) is 0 Å². The SMILES string of the molecule is COc1cc([C@@H]2CC(=O)Nc3ccc4nsnc4c32)cc2c1OCCO2. The third kappa shape index (κ3) is 2.29. The number of fused-ring (bicyclic) bond motifs is 4. The van der Waals surface area contributed by atoms with Crippen LogP contribution in [0.2, 0.25) is 0 Å². The van der Waals surface area contributed by atoms with Gasteiger partial charge in [0.2, 0.25) is 11.7 Å². The van der Waals surface area contributed by atoms with Crippen molar-refractivity contribution < 1.29 is 19.0 Å². The molecule has 0 unspecified atom stereocenters. The summed E-state index contributed by atoms with van der Waals surface area (Å²) in [7, 11) is 1.60. The van der Waals surface area contributed by atoms with Crippen LogP contribution in [-0.2, 0) is 4.79 Å². The molecule has 8 heteroatoms. The van der Waals surface area contributed by atoms with Gasteiger partial charge in [0.15, 0.2) is 11.5 Å². The predicted molar refractivity (Wildman–Crippen MR) is 96.5 cm³/mol. The number of hydrogen-bond acceptors (Lipinski definition) is 7. The molecular formula is C18H15N3O4S. The number of methoxy groups -OCH3 is 1. The van der Waals surface area contributed by atoms with Crippen molar-refractivity contribution >= 4 is 34.4 Å². The molecule has 1 N–H and O–H groups in total. The maximum atomic E-state index is 12.3. The van der Waals surface area contributed by atoms with Crippen LogP contribution < -0.4 is 19.5 Å². The van der Waals surface area contributed by atoms with Crippen molar-refractivity contribution in [3.8, 4) is 17.2 Å². The average molecular weight is 369 g/mol. The van der Waals surface area contributed by atoms with Crippen LogP contribution in [0.4, 0.5) is 5.69 Å². The first kappa shape index (κ1) is 15.4. The zero-order valence-electron chi connectivity index (χ0n) is 13.9. The van der Waals surface area contributed by atoms with Gasteiger partial charge >= 0.3 is 0 Å². The highest BCUT2D eigenvalue weighted by Crippen LogP contribution is 2.47. The third-order valence-electron chi connectivity index (χ3n) is 4.73. The number of rotatable bonds is 2. The Morgan fingerprint density at radius 1 is 1.23 bits per heavy atom. The number of benzene rings is 2. The number of carbonyl (C=O) groups excluding carboxylic acids is 1. The van der Waals surface area contributed by atoms with Gasteiger partial charge in [-0.1, -0.05) is 0 Å². The standard InChI is InChI=1S/C18H15N3O4S/c1-23-13-6-9(7-14-18(13)25-5-4-24-14)10-8-15(22)19-11-2-3-12-17(16(10)11)21-26-20-12/h2-3,6-7,10H,4-5,8H2,1H3,(H,19,22)/t10-/m0/s1. The highest BCUT2D eigenvalue weighted by atomic mass is 32.1. The van der Waals surface area contributed by atoms with E-state index in [-0.39, 0.29) is 11.8 Å². The topological polar surface area (TPSA) is 82.6 Å². The number of aromatic nitrogens is 2. The number of carbonyl (C=O) groups is 1. The summed E-state index contributed by atoms with van der Waals surface area (Å²) >= 11 is 1.17. The van der Waals surface area contributed by atoms with E-state index in [9.17, 15) is 4.79 Å². The number of hydrogen-bond donors (Lipinski definition) is 1. The molecule has 3 heterocycles. The summed E-state index contributed by atoms with van der Waals surface area (Å²) in [6.07, 6.45) is 0.326. The van der Waals surface area contributed by atoms with E-state index >= 15 is 0 Å². The fourth-order valence-electron chi connectivity index (χ4n) is 3.60. The van der Waals surface area contributed by atoms with Crippen molar-refractivity contribution in [3.63, 3.8) is 0 Å². The molecule has 2 aliphatic heterocycles. The summed E-state index contributed by atoms with van der Waals surface area (Å²) in [6, 6.07) is 7.62. The number of anilines is 1. The lowest BCUT2D eigenvalue weighted by molar-refractivity contribution is -0.116. The molecular weight excluding hydrogens is 354 g/mol. The minimum absolute atomic E-state index is 0.0288. The van der Waals surface area contributed by atoms with E-state index in [0.717, 1.165) is 27.8 Å². The number of ether oxygens (including phenoxy) is 3. The van der Waals surface area contributed by atoms with Crippen molar-refractivity contribution in [1.82, 2.24) is 8.75 Å². The molecule has 0 saturated carbocycles. The molecule has 1 atom stereocenters. The van der Waals surface area contributed by atoms with E-state index in [1.165, 1.54) is 11.7 Å². The van der Waals surface area contributed by atoms with E-state index in [1.807, 2.05) is 24.3 Å². The molecule has 5 rings (SSSR count). The maximum Gasteiger partial charge on any atom is 0.225 e. The lowest BCUT2D eigenvalue weighted by Gasteiger charge is -2.28. The molecule has 0 saturated heterocycles. The number of nitrogens with one attached hydrogen (secondary N) is 1. The Morgan fingerprint density at radius 2 is 2.12 bits per heavy atom. The van der Waals surface area contributed by atoms with E-state index < -0.39 is 0 Å². The Balaban J connectivity index is 1.72. The smallest absolute Gasteiger partial charge is 0.225 e.